The highest BCUT2D eigenvalue weighted by Gasteiger charge is 2.21. The molecule has 0 aliphatic rings. The van der Waals surface area contributed by atoms with Crippen LogP contribution in [0.1, 0.15) is 24.2 Å². The van der Waals surface area contributed by atoms with E-state index in [1.165, 1.54) is 0 Å². The molecule has 2 aromatic carbocycles. The number of carbonyl (C=O) groups excluding carboxylic acids is 1. The lowest BCUT2D eigenvalue weighted by atomic mass is 9.96. The standard InChI is InChI=1S/C19H18O2/c1-14(2)19(20)21-18(17-12-8-5-9-13-17)15(3)16-10-6-4-7-11-16/h4-13,18H,1,3H2,2H3. The van der Waals surface area contributed by atoms with Crippen molar-refractivity contribution in [3.8, 4) is 0 Å². The van der Waals surface area contributed by atoms with E-state index in [-0.39, 0.29) is 0 Å². The molecule has 0 aromatic heterocycles. The maximum atomic E-state index is 11.9. The molecule has 0 radical (unpaired) electrons. The minimum Gasteiger partial charge on any atom is -0.449 e. The van der Waals surface area contributed by atoms with Gasteiger partial charge in [-0.05, 0) is 23.6 Å². The summed E-state index contributed by atoms with van der Waals surface area (Å²) in [5.41, 5.74) is 2.95. The molecule has 1 unspecified atom stereocenters. The van der Waals surface area contributed by atoms with Crippen LogP contribution in [0.4, 0.5) is 0 Å². The predicted molar refractivity (Wildman–Crippen MR) is 85.6 cm³/mol. The lowest BCUT2D eigenvalue weighted by Crippen LogP contribution is -2.13. The van der Waals surface area contributed by atoms with Gasteiger partial charge in [-0.3, -0.25) is 0 Å². The van der Waals surface area contributed by atoms with Gasteiger partial charge in [-0.15, -0.1) is 0 Å². The van der Waals surface area contributed by atoms with Crippen LogP contribution < -0.4 is 0 Å². The van der Waals surface area contributed by atoms with Gasteiger partial charge in [-0.1, -0.05) is 73.8 Å². The van der Waals surface area contributed by atoms with E-state index in [4.69, 9.17) is 4.74 Å². The summed E-state index contributed by atoms with van der Waals surface area (Å²) in [6.07, 6.45) is -0.516. The zero-order valence-electron chi connectivity index (χ0n) is 12.1. The number of hydrogen-bond donors (Lipinski definition) is 0. The normalized spacial score (nSPS) is 11.5. The molecule has 0 spiro atoms. The van der Waals surface area contributed by atoms with E-state index < -0.39 is 12.1 Å². The number of carbonyl (C=O) groups is 1. The summed E-state index contributed by atoms with van der Waals surface area (Å²) in [6, 6.07) is 19.3. The summed E-state index contributed by atoms with van der Waals surface area (Å²) in [4.78, 5) is 11.9. The topological polar surface area (TPSA) is 26.3 Å². The second-order valence-electron chi connectivity index (χ2n) is 4.87. The maximum Gasteiger partial charge on any atom is 0.334 e. The summed E-state index contributed by atoms with van der Waals surface area (Å²) in [5.74, 6) is -0.416. The highest BCUT2D eigenvalue weighted by Crippen LogP contribution is 2.32. The molecular formula is C19H18O2. The minimum absolute atomic E-state index is 0.372. The van der Waals surface area contributed by atoms with Gasteiger partial charge in [0.2, 0.25) is 0 Å². The van der Waals surface area contributed by atoms with E-state index in [1.54, 1.807) is 6.92 Å². The van der Waals surface area contributed by atoms with Gasteiger partial charge in [0.1, 0.15) is 0 Å². The van der Waals surface area contributed by atoms with Crippen LogP contribution in [0.15, 0.2) is 79.4 Å². The van der Waals surface area contributed by atoms with Gasteiger partial charge in [0.25, 0.3) is 0 Å². The Morgan fingerprint density at radius 3 is 2.00 bits per heavy atom. The average Bonchev–Trinajstić information content (AvgIpc) is 2.53. The summed E-state index contributed by atoms with van der Waals surface area (Å²) in [7, 11) is 0. The first-order chi connectivity index (χ1) is 10.1. The molecule has 0 saturated heterocycles. The molecule has 0 N–H and O–H groups in total. The van der Waals surface area contributed by atoms with E-state index >= 15 is 0 Å². The summed E-state index contributed by atoms with van der Waals surface area (Å²) in [5, 5.41) is 0. The molecule has 0 aliphatic heterocycles. The second-order valence-corrected chi connectivity index (χ2v) is 4.87. The van der Waals surface area contributed by atoms with Gasteiger partial charge >= 0.3 is 5.97 Å². The fourth-order valence-electron chi connectivity index (χ4n) is 1.98. The lowest BCUT2D eigenvalue weighted by Gasteiger charge is -2.21. The second kappa shape index (κ2) is 6.71. The van der Waals surface area contributed by atoms with Crippen molar-refractivity contribution in [2.45, 2.75) is 13.0 Å². The Morgan fingerprint density at radius 2 is 1.48 bits per heavy atom. The van der Waals surface area contributed by atoms with E-state index in [1.807, 2.05) is 60.7 Å². The third-order valence-electron chi connectivity index (χ3n) is 3.14. The molecule has 1 atom stereocenters. The Labute approximate surface area is 125 Å². The van der Waals surface area contributed by atoms with Crippen molar-refractivity contribution in [2.75, 3.05) is 0 Å². The van der Waals surface area contributed by atoms with Gasteiger partial charge < -0.3 is 4.74 Å². The first-order valence-corrected chi connectivity index (χ1v) is 6.75. The molecular weight excluding hydrogens is 260 g/mol. The van der Waals surface area contributed by atoms with E-state index in [2.05, 4.69) is 13.2 Å². The zero-order chi connectivity index (χ0) is 15.2. The fraction of sp³-hybridized carbons (Fsp3) is 0.105. The predicted octanol–water partition coefficient (Wildman–Crippen LogP) is 4.56. The SMILES string of the molecule is C=C(C)C(=O)OC(C(=C)c1ccccc1)c1ccccc1. The van der Waals surface area contributed by atoms with Crippen LogP contribution in [0.2, 0.25) is 0 Å². The third kappa shape index (κ3) is 3.69. The smallest absolute Gasteiger partial charge is 0.334 e. The summed E-state index contributed by atoms with van der Waals surface area (Å²) < 4.78 is 5.58. The Kier molecular flexibility index (Phi) is 4.72. The van der Waals surface area contributed by atoms with E-state index in [9.17, 15) is 4.79 Å². The Balaban J connectivity index is 2.34. The van der Waals surface area contributed by atoms with Crippen molar-refractivity contribution >= 4 is 11.5 Å². The van der Waals surface area contributed by atoms with Gasteiger partial charge in [-0.25, -0.2) is 4.79 Å². The van der Waals surface area contributed by atoms with Crippen molar-refractivity contribution in [1.29, 1.82) is 0 Å². The summed E-state index contributed by atoms with van der Waals surface area (Å²) >= 11 is 0. The average molecular weight is 278 g/mol. The Hall–Kier alpha value is -2.61. The number of benzene rings is 2. The molecule has 2 nitrogen and oxygen atoms in total. The maximum absolute atomic E-state index is 11.9. The minimum atomic E-state index is -0.516. The highest BCUT2D eigenvalue weighted by molar-refractivity contribution is 5.88. The van der Waals surface area contributed by atoms with Crippen molar-refractivity contribution in [3.63, 3.8) is 0 Å². The molecule has 0 saturated carbocycles. The lowest BCUT2D eigenvalue weighted by molar-refractivity contribution is -0.141. The van der Waals surface area contributed by atoms with Gasteiger partial charge in [-0.2, -0.15) is 0 Å². The molecule has 0 aliphatic carbocycles. The van der Waals surface area contributed by atoms with Crippen LogP contribution in [0.3, 0.4) is 0 Å². The number of rotatable bonds is 5. The Morgan fingerprint density at radius 1 is 0.952 bits per heavy atom. The van der Waals surface area contributed by atoms with Crippen molar-refractivity contribution in [3.05, 3.63) is 90.5 Å². The monoisotopic (exact) mass is 278 g/mol. The van der Waals surface area contributed by atoms with Crippen LogP contribution in [0.5, 0.6) is 0 Å². The summed E-state index contributed by atoms with van der Waals surface area (Å²) in [6.45, 7) is 9.37. The first-order valence-electron chi connectivity index (χ1n) is 6.75. The number of esters is 1. The molecule has 2 rings (SSSR count). The van der Waals surface area contributed by atoms with E-state index in [0.29, 0.717) is 5.57 Å². The van der Waals surface area contributed by atoms with Crippen molar-refractivity contribution < 1.29 is 9.53 Å². The molecule has 2 aromatic rings. The van der Waals surface area contributed by atoms with Crippen LogP contribution in [0.25, 0.3) is 5.57 Å². The molecule has 0 fully saturated rings. The Bertz CT molecular complexity index is 642. The third-order valence-corrected chi connectivity index (χ3v) is 3.14. The molecule has 106 valence electrons. The molecule has 0 bridgehead atoms. The molecule has 0 heterocycles. The van der Waals surface area contributed by atoms with Crippen molar-refractivity contribution in [1.82, 2.24) is 0 Å². The van der Waals surface area contributed by atoms with Crippen LogP contribution in [0, 0.1) is 0 Å². The van der Waals surface area contributed by atoms with Crippen LogP contribution in [-0.4, -0.2) is 5.97 Å². The first kappa shape index (κ1) is 14.8. The largest absolute Gasteiger partial charge is 0.449 e. The molecule has 21 heavy (non-hydrogen) atoms. The van der Waals surface area contributed by atoms with Crippen LogP contribution in [-0.2, 0) is 9.53 Å². The zero-order valence-corrected chi connectivity index (χ0v) is 12.1. The highest BCUT2D eigenvalue weighted by atomic mass is 16.5. The van der Waals surface area contributed by atoms with Crippen LogP contribution >= 0.6 is 0 Å². The number of hydrogen-bond acceptors (Lipinski definition) is 2. The quantitative estimate of drug-likeness (QED) is 0.592. The fourth-order valence-corrected chi connectivity index (χ4v) is 1.98. The van der Waals surface area contributed by atoms with Gasteiger partial charge in [0.05, 0.1) is 0 Å². The molecule has 0 amide bonds. The van der Waals surface area contributed by atoms with Crippen molar-refractivity contribution in [2.24, 2.45) is 0 Å². The van der Waals surface area contributed by atoms with Gasteiger partial charge in [0.15, 0.2) is 6.10 Å². The van der Waals surface area contributed by atoms with E-state index in [0.717, 1.165) is 16.7 Å². The molecule has 2 heteroatoms. The number of ether oxygens (including phenoxy) is 1. The van der Waals surface area contributed by atoms with Gasteiger partial charge in [0, 0.05) is 5.57 Å².